The minimum atomic E-state index is -0.263. The Bertz CT molecular complexity index is 950. The molecule has 8 heteroatoms. The van der Waals surface area contributed by atoms with Crippen molar-refractivity contribution in [2.24, 2.45) is 4.99 Å². The number of nitrogens with zero attached hydrogens (tertiary/aromatic N) is 3. The van der Waals surface area contributed by atoms with E-state index >= 15 is 0 Å². The SMILES string of the molecule is CN=C(NCc1cccc(C(=O)NC(C)(C)C)c1)N1CCN(c2cccc(OC)c2)CC1.I. The molecule has 7 nitrogen and oxygen atoms in total. The van der Waals surface area contributed by atoms with Gasteiger partial charge < -0.3 is 25.2 Å². The number of nitrogens with one attached hydrogen (secondary N) is 2. The molecule has 1 heterocycles. The fraction of sp³-hybridized carbons (Fsp3) is 0.440. The molecule has 180 valence electrons. The first-order valence-electron chi connectivity index (χ1n) is 11.0. The molecule has 2 aromatic carbocycles. The Labute approximate surface area is 214 Å². The molecule has 1 saturated heterocycles. The summed E-state index contributed by atoms with van der Waals surface area (Å²) in [5, 5.41) is 6.46. The molecule has 2 N–H and O–H groups in total. The molecule has 0 saturated carbocycles. The summed E-state index contributed by atoms with van der Waals surface area (Å²) < 4.78 is 5.35. The fourth-order valence-electron chi connectivity index (χ4n) is 3.73. The Morgan fingerprint density at radius 1 is 1.06 bits per heavy atom. The van der Waals surface area contributed by atoms with Crippen molar-refractivity contribution < 1.29 is 9.53 Å². The maximum absolute atomic E-state index is 12.5. The third-order valence-corrected chi connectivity index (χ3v) is 5.34. The van der Waals surface area contributed by atoms with Gasteiger partial charge in [-0.1, -0.05) is 18.2 Å². The van der Waals surface area contributed by atoms with E-state index in [1.807, 2.05) is 64.2 Å². The summed E-state index contributed by atoms with van der Waals surface area (Å²) in [5.41, 5.74) is 2.63. The highest BCUT2D eigenvalue weighted by Gasteiger charge is 2.20. The zero-order chi connectivity index (χ0) is 23.1. The van der Waals surface area contributed by atoms with E-state index in [1.54, 1.807) is 7.11 Å². The van der Waals surface area contributed by atoms with Gasteiger partial charge in [0.05, 0.1) is 7.11 Å². The summed E-state index contributed by atoms with van der Waals surface area (Å²) in [4.78, 5) is 21.6. The summed E-state index contributed by atoms with van der Waals surface area (Å²) >= 11 is 0. The number of guanidine groups is 1. The fourth-order valence-corrected chi connectivity index (χ4v) is 3.73. The van der Waals surface area contributed by atoms with Crippen LogP contribution in [0.15, 0.2) is 53.5 Å². The van der Waals surface area contributed by atoms with Gasteiger partial charge in [-0.3, -0.25) is 9.79 Å². The number of hydrogen-bond donors (Lipinski definition) is 2. The summed E-state index contributed by atoms with van der Waals surface area (Å²) in [6, 6.07) is 15.9. The number of aliphatic imine (C=N–C) groups is 1. The molecule has 1 aliphatic rings. The Hall–Kier alpha value is -2.49. The van der Waals surface area contributed by atoms with Gasteiger partial charge in [-0.05, 0) is 50.6 Å². The van der Waals surface area contributed by atoms with Crippen LogP contribution in [-0.4, -0.2) is 62.6 Å². The standard InChI is InChI=1S/C25H35N5O2.HI/c1-25(2,3)28-23(31)20-9-6-8-19(16-20)18-27-24(26-4)30-14-12-29(13-15-30)21-10-7-11-22(17-21)32-5;/h6-11,16-17H,12-15,18H2,1-5H3,(H,26,27)(H,28,31);1H. The summed E-state index contributed by atoms with van der Waals surface area (Å²) in [6.07, 6.45) is 0. The first kappa shape index (κ1) is 26.8. The monoisotopic (exact) mass is 565 g/mol. The van der Waals surface area contributed by atoms with E-state index < -0.39 is 0 Å². The van der Waals surface area contributed by atoms with Crippen LogP contribution in [0.4, 0.5) is 5.69 Å². The van der Waals surface area contributed by atoms with Gasteiger partial charge in [0.2, 0.25) is 0 Å². The lowest BCUT2D eigenvalue weighted by molar-refractivity contribution is 0.0919. The molecule has 0 spiro atoms. The molecule has 0 unspecified atom stereocenters. The molecule has 1 amide bonds. The van der Waals surface area contributed by atoms with Crippen molar-refractivity contribution in [2.75, 3.05) is 45.2 Å². The number of rotatable bonds is 5. The lowest BCUT2D eigenvalue weighted by Crippen LogP contribution is -2.52. The third-order valence-electron chi connectivity index (χ3n) is 5.34. The number of piperazine rings is 1. The lowest BCUT2D eigenvalue weighted by Gasteiger charge is -2.37. The summed E-state index contributed by atoms with van der Waals surface area (Å²) in [6.45, 7) is 10.1. The number of halogens is 1. The molecular weight excluding hydrogens is 529 g/mol. The Kier molecular flexibility index (Phi) is 9.82. The Balaban J connectivity index is 0.00000385. The number of carbonyl (C=O) groups excluding carboxylic acids is 1. The van der Waals surface area contributed by atoms with Gasteiger partial charge in [-0.25, -0.2) is 0 Å². The molecule has 1 fully saturated rings. The van der Waals surface area contributed by atoms with Crippen LogP contribution < -0.4 is 20.3 Å². The van der Waals surface area contributed by atoms with Crippen molar-refractivity contribution >= 4 is 41.5 Å². The second-order valence-electron chi connectivity index (χ2n) is 8.98. The highest BCUT2D eigenvalue weighted by molar-refractivity contribution is 14.0. The van der Waals surface area contributed by atoms with E-state index in [1.165, 1.54) is 5.69 Å². The maximum Gasteiger partial charge on any atom is 0.251 e. The number of benzene rings is 2. The van der Waals surface area contributed by atoms with Crippen LogP contribution in [0, 0.1) is 0 Å². The number of hydrogen-bond acceptors (Lipinski definition) is 4. The van der Waals surface area contributed by atoms with E-state index in [-0.39, 0.29) is 35.4 Å². The summed E-state index contributed by atoms with van der Waals surface area (Å²) in [7, 11) is 3.50. The van der Waals surface area contributed by atoms with Crippen molar-refractivity contribution in [3.63, 3.8) is 0 Å². The molecule has 2 aromatic rings. The molecule has 0 bridgehead atoms. The topological polar surface area (TPSA) is 69.2 Å². The smallest absolute Gasteiger partial charge is 0.251 e. The van der Waals surface area contributed by atoms with Crippen LogP contribution >= 0.6 is 24.0 Å². The van der Waals surface area contributed by atoms with E-state index in [4.69, 9.17) is 4.74 Å². The second-order valence-corrected chi connectivity index (χ2v) is 8.98. The predicted octanol–water partition coefficient (Wildman–Crippen LogP) is 3.74. The van der Waals surface area contributed by atoms with Crippen LogP contribution in [0.25, 0.3) is 0 Å². The van der Waals surface area contributed by atoms with Crippen LogP contribution in [-0.2, 0) is 6.54 Å². The number of ether oxygens (including phenoxy) is 1. The van der Waals surface area contributed by atoms with Gasteiger partial charge in [0.15, 0.2) is 5.96 Å². The van der Waals surface area contributed by atoms with E-state index in [2.05, 4.69) is 37.6 Å². The average molecular weight is 566 g/mol. The highest BCUT2D eigenvalue weighted by Crippen LogP contribution is 2.22. The zero-order valence-corrected chi connectivity index (χ0v) is 22.6. The Morgan fingerprint density at radius 3 is 2.39 bits per heavy atom. The number of amides is 1. The Morgan fingerprint density at radius 2 is 1.76 bits per heavy atom. The van der Waals surface area contributed by atoms with Crippen LogP contribution in [0.3, 0.4) is 0 Å². The molecule has 33 heavy (non-hydrogen) atoms. The molecule has 0 atom stereocenters. The van der Waals surface area contributed by atoms with Gasteiger partial charge in [-0.15, -0.1) is 24.0 Å². The van der Waals surface area contributed by atoms with Crippen molar-refractivity contribution in [1.82, 2.24) is 15.5 Å². The zero-order valence-electron chi connectivity index (χ0n) is 20.2. The number of anilines is 1. The van der Waals surface area contributed by atoms with Gasteiger partial charge >= 0.3 is 0 Å². The number of carbonyl (C=O) groups is 1. The molecule has 3 rings (SSSR count). The van der Waals surface area contributed by atoms with Gasteiger partial charge in [-0.2, -0.15) is 0 Å². The first-order valence-corrected chi connectivity index (χ1v) is 11.0. The average Bonchev–Trinajstić information content (AvgIpc) is 2.79. The van der Waals surface area contributed by atoms with Gasteiger partial charge in [0.1, 0.15) is 5.75 Å². The second kappa shape index (κ2) is 12.1. The predicted molar refractivity (Wildman–Crippen MR) is 146 cm³/mol. The molecule has 1 aliphatic heterocycles. The van der Waals surface area contributed by atoms with Crippen LogP contribution in [0.5, 0.6) is 5.75 Å². The number of methoxy groups -OCH3 is 1. The van der Waals surface area contributed by atoms with Crippen LogP contribution in [0.1, 0.15) is 36.7 Å². The third kappa shape index (κ3) is 7.80. The van der Waals surface area contributed by atoms with E-state index in [0.717, 1.165) is 43.5 Å². The largest absolute Gasteiger partial charge is 0.497 e. The van der Waals surface area contributed by atoms with Crippen molar-refractivity contribution in [2.45, 2.75) is 32.9 Å². The van der Waals surface area contributed by atoms with E-state index in [9.17, 15) is 4.79 Å². The van der Waals surface area contributed by atoms with Gasteiger partial charge in [0, 0.05) is 62.6 Å². The molecular formula is C25H36IN5O2. The molecule has 0 aromatic heterocycles. The quantitative estimate of drug-likeness (QED) is 0.329. The minimum absolute atomic E-state index is 0. The first-order chi connectivity index (χ1) is 15.3. The lowest BCUT2D eigenvalue weighted by atomic mass is 10.1. The van der Waals surface area contributed by atoms with Crippen molar-refractivity contribution in [3.8, 4) is 5.75 Å². The molecule has 0 aliphatic carbocycles. The maximum atomic E-state index is 12.5. The normalized spacial score (nSPS) is 14.4. The van der Waals surface area contributed by atoms with Gasteiger partial charge in [0.25, 0.3) is 5.91 Å². The van der Waals surface area contributed by atoms with Crippen LogP contribution in [0.2, 0.25) is 0 Å². The van der Waals surface area contributed by atoms with Crippen molar-refractivity contribution in [1.29, 1.82) is 0 Å². The minimum Gasteiger partial charge on any atom is -0.497 e. The van der Waals surface area contributed by atoms with E-state index in [0.29, 0.717) is 12.1 Å². The van der Waals surface area contributed by atoms with Crippen molar-refractivity contribution in [3.05, 3.63) is 59.7 Å². The highest BCUT2D eigenvalue weighted by atomic mass is 127. The molecule has 0 radical (unpaired) electrons. The summed E-state index contributed by atoms with van der Waals surface area (Å²) in [5.74, 6) is 1.69.